The van der Waals surface area contributed by atoms with E-state index in [1.165, 1.54) is 23.9 Å². The van der Waals surface area contributed by atoms with Crippen LogP contribution >= 0.6 is 0 Å². The number of likely N-dealkylation sites (tertiary alicyclic amines) is 2. The van der Waals surface area contributed by atoms with Crippen molar-refractivity contribution in [2.75, 3.05) is 32.7 Å². The standard InChI is InChI=1S/C35H44F4N4O2/c1-4-23(3)33(34(44)45)42-21-27(31(22-42)26-7-6-8-29(36)18-26)20-41-15-13-25(14-16-41)32-19-30(40-43(32)5-2)17-24-9-11-28(12-10-24)35(37,38)39/h6-12,18-19,23,25,27,31,33H,4-5,13-17,20-22H2,1-3H3,(H,44,45)/t23-,27+,31-,33-/m1/s1. The van der Waals surface area contributed by atoms with Crippen LogP contribution in [0, 0.1) is 17.7 Å². The predicted octanol–water partition coefficient (Wildman–Crippen LogP) is 7.05. The molecular weight excluding hydrogens is 584 g/mol. The number of carbonyl (C=O) groups is 1. The van der Waals surface area contributed by atoms with Gasteiger partial charge in [-0.2, -0.15) is 18.3 Å². The Labute approximate surface area is 263 Å². The summed E-state index contributed by atoms with van der Waals surface area (Å²) in [5, 5.41) is 14.9. The molecule has 2 aliphatic heterocycles. The number of benzene rings is 2. The van der Waals surface area contributed by atoms with Crippen molar-refractivity contribution in [1.29, 1.82) is 0 Å². The van der Waals surface area contributed by atoms with Crippen molar-refractivity contribution in [2.45, 2.75) is 77.1 Å². The van der Waals surface area contributed by atoms with Crippen LogP contribution in [0.5, 0.6) is 0 Å². The Kier molecular flexibility index (Phi) is 10.3. The van der Waals surface area contributed by atoms with E-state index in [0.29, 0.717) is 25.4 Å². The molecule has 0 saturated carbocycles. The fourth-order valence-corrected chi connectivity index (χ4v) is 7.33. The number of aryl methyl sites for hydroxylation is 1. The van der Waals surface area contributed by atoms with Crippen LogP contribution < -0.4 is 0 Å². The van der Waals surface area contributed by atoms with Crippen LogP contribution in [-0.4, -0.2) is 69.4 Å². The summed E-state index contributed by atoms with van der Waals surface area (Å²) in [6, 6.07) is 13.6. The number of halogens is 4. The number of hydrogen-bond donors (Lipinski definition) is 1. The van der Waals surface area contributed by atoms with Gasteiger partial charge in [0, 0.05) is 50.1 Å². The monoisotopic (exact) mass is 628 g/mol. The Balaban J connectivity index is 1.25. The third-order valence-corrected chi connectivity index (χ3v) is 9.90. The average molecular weight is 629 g/mol. The highest BCUT2D eigenvalue weighted by Gasteiger charge is 2.42. The molecule has 3 heterocycles. The van der Waals surface area contributed by atoms with Gasteiger partial charge in [-0.15, -0.1) is 0 Å². The van der Waals surface area contributed by atoms with E-state index >= 15 is 0 Å². The molecule has 5 rings (SSSR count). The zero-order valence-corrected chi connectivity index (χ0v) is 26.3. The molecule has 0 unspecified atom stereocenters. The number of carboxylic acid groups (broad SMARTS) is 1. The van der Waals surface area contributed by atoms with Gasteiger partial charge < -0.3 is 10.0 Å². The number of hydrogen-bond acceptors (Lipinski definition) is 4. The predicted molar refractivity (Wildman–Crippen MR) is 166 cm³/mol. The van der Waals surface area contributed by atoms with Gasteiger partial charge in [0.05, 0.1) is 11.3 Å². The quantitative estimate of drug-likeness (QED) is 0.231. The Morgan fingerprint density at radius 2 is 1.76 bits per heavy atom. The maximum atomic E-state index is 14.3. The lowest BCUT2D eigenvalue weighted by Gasteiger charge is -2.35. The summed E-state index contributed by atoms with van der Waals surface area (Å²) >= 11 is 0. The van der Waals surface area contributed by atoms with Crippen molar-refractivity contribution in [2.24, 2.45) is 11.8 Å². The minimum Gasteiger partial charge on any atom is -0.480 e. The van der Waals surface area contributed by atoms with Crippen molar-refractivity contribution < 1.29 is 27.5 Å². The number of nitrogens with zero attached hydrogens (tertiary/aromatic N) is 4. The molecule has 4 atom stereocenters. The van der Waals surface area contributed by atoms with E-state index < -0.39 is 23.8 Å². The average Bonchev–Trinajstić information content (AvgIpc) is 3.61. The third kappa shape index (κ3) is 7.77. The number of alkyl halides is 3. The Morgan fingerprint density at radius 3 is 2.36 bits per heavy atom. The van der Waals surface area contributed by atoms with E-state index in [0.717, 1.165) is 74.4 Å². The van der Waals surface area contributed by atoms with E-state index in [2.05, 4.69) is 22.8 Å². The van der Waals surface area contributed by atoms with Crippen LogP contribution in [0.3, 0.4) is 0 Å². The largest absolute Gasteiger partial charge is 0.480 e. The number of aromatic nitrogens is 2. The molecule has 1 N–H and O–H groups in total. The topological polar surface area (TPSA) is 61.6 Å². The van der Waals surface area contributed by atoms with Crippen LogP contribution in [0.2, 0.25) is 0 Å². The first-order chi connectivity index (χ1) is 21.5. The maximum absolute atomic E-state index is 14.3. The van der Waals surface area contributed by atoms with Gasteiger partial charge in [-0.05, 0) is 86.1 Å². The summed E-state index contributed by atoms with van der Waals surface area (Å²) in [6.45, 7) is 10.7. The first-order valence-corrected chi connectivity index (χ1v) is 16.1. The second-order valence-electron chi connectivity index (χ2n) is 12.9. The van der Waals surface area contributed by atoms with Crippen LogP contribution in [0.1, 0.15) is 79.9 Å². The minimum absolute atomic E-state index is 0.0118. The lowest BCUT2D eigenvalue weighted by Crippen LogP contribution is -2.45. The SMILES string of the molecule is CC[C@@H](C)[C@H](C(=O)O)N1C[C@H](CN2CCC(c3cc(Cc4ccc(C(F)(F)F)cc4)nn3CC)CC2)[C@@H](c2cccc(F)c2)C1. The number of aliphatic carboxylic acids is 1. The molecule has 2 saturated heterocycles. The molecule has 3 aromatic rings. The fraction of sp³-hybridized carbons (Fsp3) is 0.543. The van der Waals surface area contributed by atoms with Crippen LogP contribution in [-0.2, 0) is 23.9 Å². The van der Waals surface area contributed by atoms with Crippen LogP contribution in [0.4, 0.5) is 17.6 Å². The molecule has 0 spiro atoms. The number of rotatable bonds is 11. The molecule has 2 aromatic carbocycles. The van der Waals surface area contributed by atoms with Gasteiger partial charge >= 0.3 is 12.1 Å². The van der Waals surface area contributed by atoms with Gasteiger partial charge in [0.15, 0.2) is 0 Å². The Morgan fingerprint density at radius 1 is 1.04 bits per heavy atom. The van der Waals surface area contributed by atoms with Gasteiger partial charge in [-0.3, -0.25) is 14.4 Å². The first-order valence-electron chi connectivity index (χ1n) is 16.1. The van der Waals surface area contributed by atoms with Crippen molar-refractivity contribution in [3.63, 3.8) is 0 Å². The molecule has 45 heavy (non-hydrogen) atoms. The lowest BCUT2D eigenvalue weighted by atomic mass is 9.87. The van der Waals surface area contributed by atoms with E-state index in [4.69, 9.17) is 5.10 Å². The molecule has 0 bridgehead atoms. The maximum Gasteiger partial charge on any atom is 0.416 e. The van der Waals surface area contributed by atoms with Crippen molar-refractivity contribution in [1.82, 2.24) is 19.6 Å². The van der Waals surface area contributed by atoms with Crippen LogP contribution in [0.25, 0.3) is 0 Å². The Bertz CT molecular complexity index is 1430. The summed E-state index contributed by atoms with van der Waals surface area (Å²) < 4.78 is 55.2. The molecule has 1 aromatic heterocycles. The molecule has 2 aliphatic rings. The third-order valence-electron chi connectivity index (χ3n) is 9.90. The fourth-order valence-electron chi connectivity index (χ4n) is 7.33. The molecule has 0 aliphatic carbocycles. The second-order valence-corrected chi connectivity index (χ2v) is 12.9. The summed E-state index contributed by atoms with van der Waals surface area (Å²) in [5.74, 6) is -0.487. The van der Waals surface area contributed by atoms with Gasteiger partial charge in [0.25, 0.3) is 0 Å². The van der Waals surface area contributed by atoms with Crippen molar-refractivity contribution in [3.8, 4) is 0 Å². The molecule has 2 fully saturated rings. The smallest absolute Gasteiger partial charge is 0.416 e. The van der Waals surface area contributed by atoms with Gasteiger partial charge in [0.2, 0.25) is 0 Å². The van der Waals surface area contributed by atoms with E-state index in [1.54, 1.807) is 12.1 Å². The van der Waals surface area contributed by atoms with E-state index in [1.807, 2.05) is 24.6 Å². The molecule has 0 radical (unpaired) electrons. The minimum atomic E-state index is -4.35. The van der Waals surface area contributed by atoms with Gasteiger partial charge in [-0.1, -0.05) is 44.5 Å². The zero-order valence-electron chi connectivity index (χ0n) is 26.3. The number of carboxylic acids is 1. The molecule has 10 heteroatoms. The molecular formula is C35H44F4N4O2. The second kappa shape index (κ2) is 14.0. The molecule has 6 nitrogen and oxygen atoms in total. The lowest BCUT2D eigenvalue weighted by molar-refractivity contribution is -0.145. The van der Waals surface area contributed by atoms with E-state index in [9.17, 15) is 27.5 Å². The summed E-state index contributed by atoms with van der Waals surface area (Å²) in [7, 11) is 0. The highest BCUT2D eigenvalue weighted by atomic mass is 19.4. The normalized spacial score (nSPS) is 21.7. The summed E-state index contributed by atoms with van der Waals surface area (Å²) in [4.78, 5) is 16.9. The van der Waals surface area contributed by atoms with Gasteiger partial charge in [-0.25, -0.2) is 4.39 Å². The number of piperidine rings is 1. The van der Waals surface area contributed by atoms with Crippen molar-refractivity contribution in [3.05, 3.63) is 88.5 Å². The molecule has 0 amide bonds. The van der Waals surface area contributed by atoms with Crippen molar-refractivity contribution >= 4 is 5.97 Å². The van der Waals surface area contributed by atoms with Gasteiger partial charge in [0.1, 0.15) is 11.9 Å². The molecule has 244 valence electrons. The van der Waals surface area contributed by atoms with Crippen LogP contribution in [0.15, 0.2) is 54.6 Å². The highest BCUT2D eigenvalue weighted by molar-refractivity contribution is 5.74. The summed E-state index contributed by atoms with van der Waals surface area (Å²) in [6.07, 6.45) is -1.19. The highest BCUT2D eigenvalue weighted by Crippen LogP contribution is 2.38. The van der Waals surface area contributed by atoms with E-state index in [-0.39, 0.29) is 23.6 Å². The Hall–Kier alpha value is -3.24. The zero-order chi connectivity index (χ0) is 32.3. The summed E-state index contributed by atoms with van der Waals surface area (Å²) in [5.41, 5.74) is 3.09. The first kappa shape index (κ1) is 33.1.